The van der Waals surface area contributed by atoms with Crippen LogP contribution in [0.5, 0.6) is 0 Å². The standard InChI is InChI=1S/C15H21N5O/c1-3-17-15(21)13-5-4-12(16)8-14(13)18-7-6-11-9-19-20(2)10-11/h4-5,8-10,18H,3,6-7,16H2,1-2H3,(H,17,21). The van der Waals surface area contributed by atoms with Crippen LogP contribution < -0.4 is 16.4 Å². The summed E-state index contributed by atoms with van der Waals surface area (Å²) in [5.74, 6) is -0.0959. The molecule has 2 aromatic rings. The van der Waals surface area contributed by atoms with E-state index in [2.05, 4.69) is 15.7 Å². The number of nitrogens with one attached hydrogen (secondary N) is 2. The number of anilines is 2. The van der Waals surface area contributed by atoms with E-state index in [9.17, 15) is 4.79 Å². The van der Waals surface area contributed by atoms with Gasteiger partial charge in [-0.15, -0.1) is 0 Å². The van der Waals surface area contributed by atoms with E-state index in [-0.39, 0.29) is 5.91 Å². The Labute approximate surface area is 124 Å². The zero-order chi connectivity index (χ0) is 15.2. The number of benzene rings is 1. The third-order valence-corrected chi connectivity index (χ3v) is 3.11. The Hall–Kier alpha value is -2.50. The molecule has 0 aliphatic carbocycles. The monoisotopic (exact) mass is 287 g/mol. The summed E-state index contributed by atoms with van der Waals surface area (Å²) in [5.41, 5.74) is 8.94. The smallest absolute Gasteiger partial charge is 0.253 e. The Morgan fingerprint density at radius 3 is 2.90 bits per heavy atom. The van der Waals surface area contributed by atoms with Gasteiger partial charge in [0.2, 0.25) is 0 Å². The van der Waals surface area contributed by atoms with Crippen LogP contribution in [0.1, 0.15) is 22.8 Å². The molecule has 1 amide bonds. The summed E-state index contributed by atoms with van der Waals surface area (Å²) < 4.78 is 1.77. The molecule has 112 valence electrons. The summed E-state index contributed by atoms with van der Waals surface area (Å²) in [4.78, 5) is 12.0. The van der Waals surface area contributed by atoms with Gasteiger partial charge in [-0.25, -0.2) is 0 Å². The second-order valence-corrected chi connectivity index (χ2v) is 4.86. The number of nitrogens with zero attached hydrogens (tertiary/aromatic N) is 2. The van der Waals surface area contributed by atoms with E-state index in [4.69, 9.17) is 5.73 Å². The van der Waals surface area contributed by atoms with Crippen molar-refractivity contribution in [2.45, 2.75) is 13.3 Å². The highest BCUT2D eigenvalue weighted by Crippen LogP contribution is 2.19. The van der Waals surface area contributed by atoms with Gasteiger partial charge in [-0.3, -0.25) is 9.48 Å². The van der Waals surface area contributed by atoms with Crippen LogP contribution in [0.2, 0.25) is 0 Å². The predicted molar refractivity (Wildman–Crippen MR) is 84.3 cm³/mol. The number of aryl methyl sites for hydroxylation is 1. The summed E-state index contributed by atoms with van der Waals surface area (Å²) in [6.45, 7) is 3.20. The van der Waals surface area contributed by atoms with Gasteiger partial charge in [0.15, 0.2) is 0 Å². The Balaban J connectivity index is 2.04. The summed E-state index contributed by atoms with van der Waals surface area (Å²) in [6, 6.07) is 5.26. The topological polar surface area (TPSA) is 85.0 Å². The number of rotatable bonds is 6. The van der Waals surface area contributed by atoms with Gasteiger partial charge in [-0.1, -0.05) is 0 Å². The van der Waals surface area contributed by atoms with Gasteiger partial charge in [-0.2, -0.15) is 5.10 Å². The number of nitrogens with two attached hydrogens (primary N) is 1. The second kappa shape index (κ2) is 6.78. The lowest BCUT2D eigenvalue weighted by molar-refractivity contribution is 0.0956. The molecule has 0 aliphatic rings. The largest absolute Gasteiger partial charge is 0.399 e. The molecular formula is C15H21N5O. The van der Waals surface area contributed by atoms with E-state index in [1.54, 1.807) is 22.9 Å². The van der Waals surface area contributed by atoms with Crippen LogP contribution in [-0.2, 0) is 13.5 Å². The molecule has 0 unspecified atom stereocenters. The van der Waals surface area contributed by atoms with Crippen molar-refractivity contribution >= 4 is 17.3 Å². The third kappa shape index (κ3) is 3.98. The summed E-state index contributed by atoms with van der Waals surface area (Å²) in [7, 11) is 1.89. The van der Waals surface area contributed by atoms with Crippen molar-refractivity contribution in [1.82, 2.24) is 15.1 Å². The van der Waals surface area contributed by atoms with Gasteiger partial charge in [0.25, 0.3) is 5.91 Å². The molecule has 0 radical (unpaired) electrons. The number of carbonyl (C=O) groups is 1. The summed E-state index contributed by atoms with van der Waals surface area (Å²) in [6.07, 6.45) is 4.65. The number of hydrogen-bond acceptors (Lipinski definition) is 4. The van der Waals surface area contributed by atoms with Gasteiger partial charge in [0.1, 0.15) is 0 Å². The van der Waals surface area contributed by atoms with Gasteiger partial charge in [0.05, 0.1) is 11.8 Å². The molecule has 21 heavy (non-hydrogen) atoms. The molecule has 0 saturated heterocycles. The molecule has 0 fully saturated rings. The van der Waals surface area contributed by atoms with Crippen LogP contribution >= 0.6 is 0 Å². The quantitative estimate of drug-likeness (QED) is 0.701. The molecule has 0 bridgehead atoms. The highest BCUT2D eigenvalue weighted by atomic mass is 16.1. The van der Waals surface area contributed by atoms with E-state index < -0.39 is 0 Å². The van der Waals surface area contributed by atoms with Crippen molar-refractivity contribution in [3.63, 3.8) is 0 Å². The fourth-order valence-electron chi connectivity index (χ4n) is 2.10. The average Bonchev–Trinajstić information content (AvgIpc) is 2.85. The molecule has 4 N–H and O–H groups in total. The SMILES string of the molecule is CCNC(=O)c1ccc(N)cc1NCCc1cnn(C)c1. The fourth-order valence-corrected chi connectivity index (χ4v) is 2.10. The van der Waals surface area contributed by atoms with Crippen LogP contribution in [0, 0.1) is 0 Å². The van der Waals surface area contributed by atoms with Crippen LogP contribution in [-0.4, -0.2) is 28.8 Å². The molecule has 0 aliphatic heterocycles. The highest BCUT2D eigenvalue weighted by Gasteiger charge is 2.10. The first-order valence-electron chi connectivity index (χ1n) is 6.99. The zero-order valence-electron chi connectivity index (χ0n) is 12.4. The molecule has 0 saturated carbocycles. The van der Waals surface area contributed by atoms with E-state index in [0.717, 1.165) is 17.7 Å². The van der Waals surface area contributed by atoms with Crippen molar-refractivity contribution in [2.75, 3.05) is 24.1 Å². The summed E-state index contributed by atoms with van der Waals surface area (Å²) in [5, 5.41) is 10.2. The molecule has 2 rings (SSSR count). The molecular weight excluding hydrogens is 266 g/mol. The normalized spacial score (nSPS) is 10.4. The third-order valence-electron chi connectivity index (χ3n) is 3.11. The van der Waals surface area contributed by atoms with Crippen LogP contribution in [0.15, 0.2) is 30.6 Å². The van der Waals surface area contributed by atoms with Crippen molar-refractivity contribution < 1.29 is 4.79 Å². The minimum Gasteiger partial charge on any atom is -0.399 e. The number of nitrogen functional groups attached to an aromatic ring is 1. The van der Waals surface area contributed by atoms with Crippen molar-refractivity contribution in [3.05, 3.63) is 41.7 Å². The molecule has 0 spiro atoms. The van der Waals surface area contributed by atoms with E-state index in [0.29, 0.717) is 24.3 Å². The Morgan fingerprint density at radius 2 is 2.24 bits per heavy atom. The lowest BCUT2D eigenvalue weighted by Crippen LogP contribution is -2.24. The molecule has 6 heteroatoms. The molecule has 6 nitrogen and oxygen atoms in total. The van der Waals surface area contributed by atoms with Crippen molar-refractivity contribution in [2.24, 2.45) is 7.05 Å². The summed E-state index contributed by atoms with van der Waals surface area (Å²) >= 11 is 0. The first-order chi connectivity index (χ1) is 10.1. The maximum Gasteiger partial charge on any atom is 0.253 e. The fraction of sp³-hybridized carbons (Fsp3) is 0.333. The molecule has 0 atom stereocenters. The van der Waals surface area contributed by atoms with E-state index in [1.807, 2.05) is 26.4 Å². The molecule has 1 heterocycles. The molecule has 1 aromatic carbocycles. The number of carbonyl (C=O) groups excluding carboxylic acids is 1. The Bertz CT molecular complexity index is 620. The number of hydrogen-bond donors (Lipinski definition) is 3. The number of aromatic nitrogens is 2. The maximum absolute atomic E-state index is 12.0. The Morgan fingerprint density at radius 1 is 1.43 bits per heavy atom. The lowest BCUT2D eigenvalue weighted by Gasteiger charge is -2.12. The van der Waals surface area contributed by atoms with Gasteiger partial charge in [0, 0.05) is 37.7 Å². The first kappa shape index (κ1) is 14.9. The highest BCUT2D eigenvalue weighted by molar-refractivity contribution is 6.00. The van der Waals surface area contributed by atoms with E-state index >= 15 is 0 Å². The Kier molecular flexibility index (Phi) is 4.81. The second-order valence-electron chi connectivity index (χ2n) is 4.86. The maximum atomic E-state index is 12.0. The minimum atomic E-state index is -0.0959. The van der Waals surface area contributed by atoms with Crippen molar-refractivity contribution in [3.8, 4) is 0 Å². The van der Waals surface area contributed by atoms with Crippen LogP contribution in [0.3, 0.4) is 0 Å². The lowest BCUT2D eigenvalue weighted by atomic mass is 10.1. The van der Waals surface area contributed by atoms with E-state index in [1.165, 1.54) is 0 Å². The van der Waals surface area contributed by atoms with Gasteiger partial charge < -0.3 is 16.4 Å². The van der Waals surface area contributed by atoms with Gasteiger partial charge in [-0.05, 0) is 37.1 Å². The predicted octanol–water partition coefficient (Wildman–Crippen LogP) is 1.41. The minimum absolute atomic E-state index is 0.0959. The number of amides is 1. The van der Waals surface area contributed by atoms with Crippen LogP contribution in [0.25, 0.3) is 0 Å². The zero-order valence-corrected chi connectivity index (χ0v) is 12.4. The first-order valence-corrected chi connectivity index (χ1v) is 6.99. The van der Waals surface area contributed by atoms with Crippen molar-refractivity contribution in [1.29, 1.82) is 0 Å². The van der Waals surface area contributed by atoms with Crippen LogP contribution in [0.4, 0.5) is 11.4 Å². The molecule has 1 aromatic heterocycles. The average molecular weight is 287 g/mol. The van der Waals surface area contributed by atoms with Gasteiger partial charge >= 0.3 is 0 Å².